The lowest BCUT2D eigenvalue weighted by Crippen LogP contribution is -2.21. The third-order valence-corrected chi connectivity index (χ3v) is 6.02. The van der Waals surface area contributed by atoms with Crippen LogP contribution in [0.4, 0.5) is 22.0 Å². The predicted molar refractivity (Wildman–Crippen MR) is 136 cm³/mol. The Morgan fingerprint density at radius 2 is 1.66 bits per heavy atom. The van der Waals surface area contributed by atoms with Gasteiger partial charge in [0, 0.05) is 51.5 Å². The molecule has 0 aliphatic carbocycles. The molecule has 10 heteroatoms. The fourth-order valence-corrected chi connectivity index (χ4v) is 4.00. The van der Waals surface area contributed by atoms with Crippen LogP contribution in [0.15, 0.2) is 88.9 Å². The second kappa shape index (κ2) is 9.98. The van der Waals surface area contributed by atoms with E-state index in [-0.39, 0.29) is 11.1 Å². The molecule has 4 rings (SSSR count). The van der Waals surface area contributed by atoms with Crippen LogP contribution in [0.2, 0.25) is 0 Å². The van der Waals surface area contributed by atoms with Crippen molar-refractivity contribution in [2.75, 3.05) is 10.6 Å². The lowest BCUT2D eigenvalue weighted by atomic mass is 9.92. The summed E-state index contributed by atoms with van der Waals surface area (Å²) in [4.78, 5) is 29.7. The van der Waals surface area contributed by atoms with Gasteiger partial charge in [0.15, 0.2) is 0 Å². The molecule has 9 nitrogen and oxygen atoms in total. The maximum absolute atomic E-state index is 12.8. The van der Waals surface area contributed by atoms with Crippen LogP contribution in [0.5, 0.6) is 0 Å². The summed E-state index contributed by atoms with van der Waals surface area (Å²) < 4.78 is 1.50. The van der Waals surface area contributed by atoms with Crippen LogP contribution in [0.3, 0.4) is 0 Å². The van der Waals surface area contributed by atoms with E-state index in [4.69, 9.17) is 0 Å². The largest absolute Gasteiger partial charge is 0.324 e. The summed E-state index contributed by atoms with van der Waals surface area (Å²) in [5, 5.41) is 21.5. The van der Waals surface area contributed by atoms with Crippen molar-refractivity contribution in [3.05, 3.63) is 94.9 Å². The van der Waals surface area contributed by atoms with Crippen LogP contribution in [0.1, 0.15) is 26.5 Å². The maximum atomic E-state index is 12.8. The molecule has 0 radical (unpaired) electrons. The van der Waals surface area contributed by atoms with Gasteiger partial charge in [-0.1, -0.05) is 38.6 Å². The van der Waals surface area contributed by atoms with Crippen molar-refractivity contribution in [2.24, 2.45) is 0 Å². The topological polar surface area (TPSA) is 115 Å². The molecule has 2 N–H and O–H groups in total. The van der Waals surface area contributed by atoms with Gasteiger partial charge in [0.05, 0.1) is 16.3 Å². The first kappa shape index (κ1) is 24.0. The molecule has 0 unspecified atom stereocenters. The van der Waals surface area contributed by atoms with Crippen molar-refractivity contribution in [1.29, 1.82) is 0 Å². The van der Waals surface area contributed by atoms with E-state index in [1.165, 1.54) is 16.8 Å². The number of nitrogens with zero attached hydrogens (tertiary/aromatic N) is 4. The second-order valence-corrected chi connectivity index (χ2v) is 9.89. The number of urea groups is 1. The number of hydrogen-bond acceptors (Lipinski definition) is 6. The molecule has 2 aromatic carbocycles. The van der Waals surface area contributed by atoms with E-state index in [2.05, 4.69) is 20.7 Å². The quantitative estimate of drug-likeness (QED) is 0.244. The Labute approximate surface area is 206 Å². The average molecular weight is 489 g/mol. The molecule has 0 bridgehead atoms. The van der Waals surface area contributed by atoms with E-state index in [0.29, 0.717) is 17.2 Å². The number of amides is 2. The summed E-state index contributed by atoms with van der Waals surface area (Å²) in [6.07, 6.45) is 3.48. The summed E-state index contributed by atoms with van der Waals surface area (Å²) in [5.74, 6) is 0.401. The van der Waals surface area contributed by atoms with E-state index in [0.717, 1.165) is 15.5 Å². The normalized spacial score (nSPS) is 11.2. The molecule has 0 aliphatic rings. The Kier molecular flexibility index (Phi) is 6.83. The monoisotopic (exact) mass is 488 g/mol. The number of non-ortho nitro benzene ring substituents is 1. The number of hydrogen-bond donors (Lipinski definition) is 2. The highest BCUT2D eigenvalue weighted by Gasteiger charge is 2.22. The van der Waals surface area contributed by atoms with Gasteiger partial charge in [-0.25, -0.2) is 9.48 Å². The molecular weight excluding hydrogens is 464 g/mol. The van der Waals surface area contributed by atoms with E-state index in [9.17, 15) is 14.9 Å². The summed E-state index contributed by atoms with van der Waals surface area (Å²) in [6.45, 7) is 6.01. The molecule has 0 fully saturated rings. The van der Waals surface area contributed by atoms with Crippen LogP contribution in [-0.4, -0.2) is 25.7 Å². The highest BCUT2D eigenvalue weighted by molar-refractivity contribution is 7.99. The standard InChI is InChI=1S/C25H24N6O3S/c1-25(2,3)22-16-23(30(29-22)18-5-4-6-19(15-18)31(33)34)28-24(32)27-17-7-9-20(10-8-17)35-21-11-13-26-14-12-21/h4-16H,1-3H3,(H2,27,28,32). The first-order valence-corrected chi connectivity index (χ1v) is 11.6. The van der Waals surface area contributed by atoms with Crippen molar-refractivity contribution in [1.82, 2.24) is 14.8 Å². The highest BCUT2D eigenvalue weighted by Crippen LogP contribution is 2.29. The van der Waals surface area contributed by atoms with Crippen LogP contribution in [0, 0.1) is 10.1 Å². The number of carbonyl (C=O) groups excluding carboxylic acids is 1. The first-order chi connectivity index (χ1) is 16.7. The Morgan fingerprint density at radius 1 is 0.971 bits per heavy atom. The molecule has 0 saturated carbocycles. The van der Waals surface area contributed by atoms with Gasteiger partial charge in [-0.3, -0.25) is 20.4 Å². The van der Waals surface area contributed by atoms with Gasteiger partial charge >= 0.3 is 6.03 Å². The number of nitro groups is 1. The van der Waals surface area contributed by atoms with Crippen LogP contribution in [0.25, 0.3) is 5.69 Å². The molecule has 4 aromatic rings. The lowest BCUT2D eigenvalue weighted by molar-refractivity contribution is -0.384. The third-order valence-electron chi connectivity index (χ3n) is 5.00. The van der Waals surface area contributed by atoms with Crippen molar-refractivity contribution < 1.29 is 9.72 Å². The Morgan fingerprint density at radius 3 is 2.31 bits per heavy atom. The summed E-state index contributed by atoms with van der Waals surface area (Å²) in [5.41, 5.74) is 1.48. The summed E-state index contributed by atoms with van der Waals surface area (Å²) in [7, 11) is 0. The molecule has 35 heavy (non-hydrogen) atoms. The minimum atomic E-state index is -0.464. The molecule has 178 valence electrons. The number of aromatic nitrogens is 3. The Balaban J connectivity index is 1.52. The number of rotatable bonds is 6. The number of nitro benzene ring substituents is 1. The molecular formula is C25H24N6O3S. The number of nitrogens with one attached hydrogen (secondary N) is 2. The van der Waals surface area contributed by atoms with Gasteiger partial charge in [-0.2, -0.15) is 5.10 Å². The first-order valence-electron chi connectivity index (χ1n) is 10.8. The fraction of sp³-hybridized carbons (Fsp3) is 0.160. The van der Waals surface area contributed by atoms with Crippen molar-refractivity contribution in [3.8, 4) is 5.69 Å². The van der Waals surface area contributed by atoms with Crippen molar-refractivity contribution in [2.45, 2.75) is 36.0 Å². The number of benzene rings is 2. The number of anilines is 2. The van der Waals surface area contributed by atoms with Gasteiger partial charge in [0.2, 0.25) is 0 Å². The van der Waals surface area contributed by atoms with Gasteiger partial charge in [0.1, 0.15) is 5.82 Å². The SMILES string of the molecule is CC(C)(C)c1cc(NC(=O)Nc2ccc(Sc3ccncc3)cc2)n(-c2cccc([N+](=O)[O-])c2)n1. The van der Waals surface area contributed by atoms with Crippen LogP contribution in [-0.2, 0) is 5.41 Å². The number of pyridine rings is 1. The zero-order valence-electron chi connectivity index (χ0n) is 19.4. The summed E-state index contributed by atoms with van der Waals surface area (Å²) >= 11 is 1.60. The molecule has 0 spiro atoms. The molecule has 0 aliphatic heterocycles. The molecule has 2 aromatic heterocycles. The van der Waals surface area contributed by atoms with E-state index in [1.807, 2.05) is 57.2 Å². The minimum Gasteiger partial charge on any atom is -0.308 e. The second-order valence-electron chi connectivity index (χ2n) is 8.74. The van der Waals surface area contributed by atoms with E-state index >= 15 is 0 Å². The molecule has 2 amide bonds. The molecule has 2 heterocycles. The maximum Gasteiger partial charge on any atom is 0.324 e. The summed E-state index contributed by atoms with van der Waals surface area (Å²) in [6, 6.07) is 18.8. The highest BCUT2D eigenvalue weighted by atomic mass is 32.2. The Bertz CT molecular complexity index is 1350. The minimum absolute atomic E-state index is 0.0598. The number of carbonyl (C=O) groups is 1. The zero-order valence-corrected chi connectivity index (χ0v) is 20.2. The van der Waals surface area contributed by atoms with Gasteiger partial charge < -0.3 is 5.32 Å². The van der Waals surface area contributed by atoms with E-state index in [1.54, 1.807) is 42.4 Å². The van der Waals surface area contributed by atoms with Gasteiger partial charge in [-0.15, -0.1) is 0 Å². The molecule has 0 atom stereocenters. The predicted octanol–water partition coefficient (Wildman–Crippen LogP) is 6.27. The van der Waals surface area contributed by atoms with Crippen molar-refractivity contribution in [3.63, 3.8) is 0 Å². The Hall–Kier alpha value is -4.18. The van der Waals surface area contributed by atoms with Crippen LogP contribution < -0.4 is 10.6 Å². The van der Waals surface area contributed by atoms with Crippen molar-refractivity contribution >= 4 is 35.0 Å². The smallest absolute Gasteiger partial charge is 0.308 e. The van der Waals surface area contributed by atoms with Gasteiger partial charge in [-0.05, 0) is 42.5 Å². The zero-order chi connectivity index (χ0) is 25.0. The average Bonchev–Trinajstić information content (AvgIpc) is 3.25. The fourth-order valence-electron chi connectivity index (χ4n) is 3.20. The lowest BCUT2D eigenvalue weighted by Gasteiger charge is -2.14. The third kappa shape index (κ3) is 6.04. The molecule has 0 saturated heterocycles. The van der Waals surface area contributed by atoms with Gasteiger partial charge in [0.25, 0.3) is 5.69 Å². The van der Waals surface area contributed by atoms with E-state index < -0.39 is 11.0 Å². The van der Waals surface area contributed by atoms with Crippen LogP contribution >= 0.6 is 11.8 Å².